The van der Waals surface area contributed by atoms with E-state index in [0.29, 0.717) is 5.56 Å². The van der Waals surface area contributed by atoms with Crippen LogP contribution in [0.15, 0.2) is 54.6 Å². The van der Waals surface area contributed by atoms with Crippen molar-refractivity contribution >= 4 is 23.8 Å². The number of benzene rings is 2. The summed E-state index contributed by atoms with van der Waals surface area (Å²) in [6.07, 6.45) is 3.58. The van der Waals surface area contributed by atoms with Crippen molar-refractivity contribution in [1.29, 1.82) is 0 Å². The van der Waals surface area contributed by atoms with Crippen LogP contribution in [0.2, 0.25) is 0 Å². The van der Waals surface area contributed by atoms with Crippen LogP contribution < -0.4 is 16.1 Å². The summed E-state index contributed by atoms with van der Waals surface area (Å²) in [6, 6.07) is 13.8. The van der Waals surface area contributed by atoms with Gasteiger partial charge >= 0.3 is 0 Å². The molecule has 10 heteroatoms. The molecule has 1 heterocycles. The molecular weight excluding hydrogens is 498 g/mol. The number of hydrogen-bond donors (Lipinski definition) is 4. The molecule has 0 radical (unpaired) electrons. The van der Waals surface area contributed by atoms with Crippen LogP contribution in [0.1, 0.15) is 27.0 Å². The number of ether oxygens (including phenoxy) is 1. The van der Waals surface area contributed by atoms with Gasteiger partial charge in [0, 0.05) is 37.3 Å². The molecule has 0 aromatic heterocycles. The van der Waals surface area contributed by atoms with E-state index in [9.17, 15) is 14.4 Å². The van der Waals surface area contributed by atoms with Gasteiger partial charge in [-0.2, -0.15) is 0 Å². The molecule has 1 unspecified atom stereocenters. The molecule has 1 aliphatic rings. The standard InChI is InChI=1S/C29H35N5O5/c1-33(2)21-27(35)30-19-26(29(37)32-38)31-28(36)25-13-11-23(12-14-25)6-4-3-5-22-7-9-24(10-8-22)20-34-15-17-39-18-16-34/h4,6-14,26,38H,15-21H2,1-2H3,(H,30,35)(H,31,36)(H,32,37)/b6-4+. The molecule has 0 aliphatic carbocycles. The summed E-state index contributed by atoms with van der Waals surface area (Å²) in [5.74, 6) is 4.48. The molecule has 1 aliphatic heterocycles. The van der Waals surface area contributed by atoms with E-state index in [1.54, 1.807) is 49.3 Å². The lowest BCUT2D eigenvalue weighted by molar-refractivity contribution is -0.131. The molecule has 1 saturated heterocycles. The van der Waals surface area contributed by atoms with E-state index in [0.717, 1.165) is 44.0 Å². The van der Waals surface area contributed by atoms with Crippen LogP contribution in [0.5, 0.6) is 0 Å². The fourth-order valence-electron chi connectivity index (χ4n) is 3.81. The van der Waals surface area contributed by atoms with Gasteiger partial charge in [-0.05, 0) is 61.6 Å². The Balaban J connectivity index is 1.51. The van der Waals surface area contributed by atoms with Gasteiger partial charge in [0.15, 0.2) is 0 Å². The summed E-state index contributed by atoms with van der Waals surface area (Å²) in [4.78, 5) is 40.5. The van der Waals surface area contributed by atoms with Crippen LogP contribution in [-0.4, -0.2) is 92.3 Å². The lowest BCUT2D eigenvalue weighted by Gasteiger charge is -2.26. The monoisotopic (exact) mass is 533 g/mol. The lowest BCUT2D eigenvalue weighted by atomic mass is 10.1. The Morgan fingerprint density at radius 2 is 1.77 bits per heavy atom. The lowest BCUT2D eigenvalue weighted by Crippen LogP contribution is -2.52. The highest BCUT2D eigenvalue weighted by molar-refractivity contribution is 5.97. The number of hydrogen-bond acceptors (Lipinski definition) is 7. The topological polar surface area (TPSA) is 123 Å². The van der Waals surface area contributed by atoms with Crippen molar-refractivity contribution in [3.8, 4) is 11.8 Å². The van der Waals surface area contributed by atoms with Crippen molar-refractivity contribution in [3.63, 3.8) is 0 Å². The molecule has 3 amide bonds. The molecule has 206 valence electrons. The number of carbonyl (C=O) groups excluding carboxylic acids is 3. The Morgan fingerprint density at radius 1 is 1.08 bits per heavy atom. The zero-order chi connectivity index (χ0) is 28.0. The summed E-state index contributed by atoms with van der Waals surface area (Å²) in [5.41, 5.74) is 4.86. The molecule has 2 aromatic carbocycles. The van der Waals surface area contributed by atoms with Gasteiger partial charge in [-0.25, -0.2) is 5.48 Å². The Kier molecular flexibility index (Phi) is 11.7. The van der Waals surface area contributed by atoms with Gasteiger partial charge in [0.1, 0.15) is 6.04 Å². The van der Waals surface area contributed by atoms with Gasteiger partial charge in [-0.15, -0.1) is 0 Å². The highest BCUT2D eigenvalue weighted by Gasteiger charge is 2.22. The second-order valence-corrected chi connectivity index (χ2v) is 9.35. The van der Waals surface area contributed by atoms with E-state index < -0.39 is 17.9 Å². The molecular formula is C29H35N5O5. The van der Waals surface area contributed by atoms with Crippen molar-refractivity contribution < 1.29 is 24.3 Å². The van der Waals surface area contributed by atoms with Crippen LogP contribution in [0.25, 0.3) is 6.08 Å². The zero-order valence-electron chi connectivity index (χ0n) is 22.3. The SMILES string of the molecule is CN(C)CC(=O)NCC(NC(=O)c1ccc(/C=C/C#Cc2ccc(CN3CCOCC3)cc2)cc1)C(=O)NO. The van der Waals surface area contributed by atoms with Crippen molar-refractivity contribution in [2.45, 2.75) is 12.6 Å². The number of morpholine rings is 1. The maximum Gasteiger partial charge on any atom is 0.267 e. The molecule has 1 fully saturated rings. The van der Waals surface area contributed by atoms with Crippen molar-refractivity contribution in [3.05, 3.63) is 76.9 Å². The van der Waals surface area contributed by atoms with Gasteiger partial charge in [-0.1, -0.05) is 36.1 Å². The van der Waals surface area contributed by atoms with Crippen molar-refractivity contribution in [1.82, 2.24) is 25.9 Å². The number of likely N-dealkylation sites (N-methyl/N-ethyl adjacent to an activating group) is 1. The Labute approximate surface area is 229 Å². The predicted octanol–water partition coefficient (Wildman–Crippen LogP) is 0.865. The molecule has 10 nitrogen and oxygen atoms in total. The van der Waals surface area contributed by atoms with E-state index >= 15 is 0 Å². The third-order valence-electron chi connectivity index (χ3n) is 5.91. The summed E-state index contributed by atoms with van der Waals surface area (Å²) >= 11 is 0. The molecule has 3 rings (SSSR count). The maximum atomic E-state index is 12.6. The highest BCUT2D eigenvalue weighted by atomic mass is 16.5. The van der Waals surface area contributed by atoms with E-state index in [-0.39, 0.29) is 19.0 Å². The van der Waals surface area contributed by atoms with E-state index in [2.05, 4.69) is 39.5 Å². The number of allylic oxidation sites excluding steroid dienone is 1. The largest absolute Gasteiger partial charge is 0.379 e. The number of carbonyl (C=O) groups is 3. The van der Waals surface area contributed by atoms with Crippen LogP contribution in [-0.2, 0) is 20.9 Å². The first-order valence-corrected chi connectivity index (χ1v) is 12.7. The molecule has 0 spiro atoms. The summed E-state index contributed by atoms with van der Waals surface area (Å²) in [6.45, 7) is 4.35. The predicted molar refractivity (Wildman–Crippen MR) is 148 cm³/mol. The first-order chi connectivity index (χ1) is 18.8. The summed E-state index contributed by atoms with van der Waals surface area (Å²) < 4.78 is 5.39. The fraction of sp³-hybridized carbons (Fsp3) is 0.345. The second kappa shape index (κ2) is 15.4. The normalized spacial score (nSPS) is 14.4. The van der Waals surface area contributed by atoms with E-state index in [1.165, 1.54) is 11.0 Å². The molecule has 4 N–H and O–H groups in total. The smallest absolute Gasteiger partial charge is 0.267 e. The number of amides is 3. The Hall–Kier alpha value is -4.01. The molecule has 0 saturated carbocycles. The average Bonchev–Trinajstić information content (AvgIpc) is 2.94. The van der Waals surface area contributed by atoms with Gasteiger partial charge < -0.3 is 20.3 Å². The van der Waals surface area contributed by atoms with E-state index in [4.69, 9.17) is 9.94 Å². The van der Waals surface area contributed by atoms with Gasteiger partial charge in [0.2, 0.25) is 5.91 Å². The first-order valence-electron chi connectivity index (χ1n) is 12.7. The van der Waals surface area contributed by atoms with Crippen LogP contribution in [0.4, 0.5) is 0 Å². The molecule has 1 atom stereocenters. The maximum absolute atomic E-state index is 12.6. The number of nitrogens with zero attached hydrogens (tertiary/aromatic N) is 2. The molecule has 2 aromatic rings. The molecule has 0 bridgehead atoms. The minimum Gasteiger partial charge on any atom is -0.379 e. The zero-order valence-corrected chi connectivity index (χ0v) is 22.3. The minimum absolute atomic E-state index is 0.127. The van der Waals surface area contributed by atoms with Gasteiger partial charge in [-0.3, -0.25) is 24.5 Å². The Morgan fingerprint density at radius 3 is 2.41 bits per heavy atom. The highest BCUT2D eigenvalue weighted by Crippen LogP contribution is 2.09. The van der Waals surface area contributed by atoms with Gasteiger partial charge in [0.05, 0.1) is 19.8 Å². The third-order valence-corrected chi connectivity index (χ3v) is 5.91. The van der Waals surface area contributed by atoms with E-state index in [1.807, 2.05) is 18.2 Å². The van der Waals surface area contributed by atoms with Crippen molar-refractivity contribution in [2.24, 2.45) is 0 Å². The second-order valence-electron chi connectivity index (χ2n) is 9.35. The summed E-state index contributed by atoms with van der Waals surface area (Å²) in [5, 5.41) is 14.1. The van der Waals surface area contributed by atoms with Crippen LogP contribution in [0, 0.1) is 11.8 Å². The first kappa shape index (κ1) is 29.5. The number of nitrogens with one attached hydrogen (secondary N) is 3. The minimum atomic E-state index is -1.14. The van der Waals surface area contributed by atoms with Gasteiger partial charge in [0.25, 0.3) is 11.8 Å². The Bertz CT molecular complexity index is 1190. The fourth-order valence-corrected chi connectivity index (χ4v) is 3.81. The number of hydroxylamine groups is 1. The summed E-state index contributed by atoms with van der Waals surface area (Å²) in [7, 11) is 3.47. The third kappa shape index (κ3) is 10.3. The quantitative estimate of drug-likeness (QED) is 0.203. The number of rotatable bonds is 10. The van der Waals surface area contributed by atoms with Crippen LogP contribution in [0.3, 0.4) is 0 Å². The van der Waals surface area contributed by atoms with Crippen LogP contribution >= 0.6 is 0 Å². The van der Waals surface area contributed by atoms with Crippen molar-refractivity contribution in [2.75, 3.05) is 53.5 Å². The molecule has 39 heavy (non-hydrogen) atoms. The average molecular weight is 534 g/mol.